The summed E-state index contributed by atoms with van der Waals surface area (Å²) in [5.74, 6) is 0.281. The SMILES string of the molecule is COCCOc1ccc(NC(=O)C(C)C(N)c2ccccc2)cc1. The quantitative estimate of drug-likeness (QED) is 0.731. The van der Waals surface area contributed by atoms with E-state index in [1.165, 1.54) is 0 Å². The lowest BCUT2D eigenvalue weighted by molar-refractivity contribution is -0.120. The van der Waals surface area contributed by atoms with Gasteiger partial charge in [0, 0.05) is 18.8 Å². The van der Waals surface area contributed by atoms with E-state index in [1.54, 1.807) is 19.2 Å². The minimum atomic E-state index is -0.345. The van der Waals surface area contributed by atoms with E-state index < -0.39 is 0 Å². The highest BCUT2D eigenvalue weighted by Gasteiger charge is 2.22. The molecule has 128 valence electrons. The van der Waals surface area contributed by atoms with Crippen LogP contribution >= 0.6 is 0 Å². The van der Waals surface area contributed by atoms with Crippen LogP contribution in [-0.2, 0) is 9.53 Å². The molecular formula is C19H24N2O3. The Balaban J connectivity index is 1.91. The first kappa shape index (κ1) is 18.0. The maximum atomic E-state index is 12.4. The van der Waals surface area contributed by atoms with Crippen LogP contribution in [0.4, 0.5) is 5.69 Å². The Morgan fingerprint density at radius 1 is 1.08 bits per heavy atom. The number of hydrogen-bond donors (Lipinski definition) is 2. The van der Waals surface area contributed by atoms with Crippen molar-refractivity contribution in [2.45, 2.75) is 13.0 Å². The van der Waals surface area contributed by atoms with Gasteiger partial charge in [-0.1, -0.05) is 37.3 Å². The molecule has 2 aromatic carbocycles. The lowest BCUT2D eigenvalue weighted by Gasteiger charge is -2.20. The maximum Gasteiger partial charge on any atom is 0.229 e. The van der Waals surface area contributed by atoms with Gasteiger partial charge >= 0.3 is 0 Å². The third-order valence-corrected chi connectivity index (χ3v) is 3.81. The van der Waals surface area contributed by atoms with Crippen molar-refractivity contribution < 1.29 is 14.3 Å². The molecule has 0 heterocycles. The molecule has 1 amide bonds. The van der Waals surface area contributed by atoms with Gasteiger partial charge < -0.3 is 20.5 Å². The van der Waals surface area contributed by atoms with Gasteiger partial charge in [0.1, 0.15) is 12.4 Å². The van der Waals surface area contributed by atoms with Gasteiger partial charge in [-0.05, 0) is 29.8 Å². The second-order valence-corrected chi connectivity index (χ2v) is 5.58. The van der Waals surface area contributed by atoms with Crippen molar-refractivity contribution in [3.8, 4) is 5.75 Å². The molecule has 24 heavy (non-hydrogen) atoms. The van der Waals surface area contributed by atoms with Crippen LogP contribution in [0.3, 0.4) is 0 Å². The van der Waals surface area contributed by atoms with E-state index in [-0.39, 0.29) is 17.9 Å². The van der Waals surface area contributed by atoms with Crippen molar-refractivity contribution in [1.29, 1.82) is 0 Å². The van der Waals surface area contributed by atoms with Crippen LogP contribution in [0, 0.1) is 5.92 Å². The number of rotatable bonds is 8. The Morgan fingerprint density at radius 3 is 2.38 bits per heavy atom. The molecule has 5 nitrogen and oxygen atoms in total. The van der Waals surface area contributed by atoms with Crippen molar-refractivity contribution in [1.82, 2.24) is 0 Å². The van der Waals surface area contributed by atoms with E-state index >= 15 is 0 Å². The number of nitrogens with one attached hydrogen (secondary N) is 1. The van der Waals surface area contributed by atoms with Crippen molar-refractivity contribution >= 4 is 11.6 Å². The zero-order chi connectivity index (χ0) is 17.4. The van der Waals surface area contributed by atoms with Gasteiger partial charge in [0.05, 0.1) is 12.5 Å². The van der Waals surface area contributed by atoms with Crippen LogP contribution in [0.15, 0.2) is 54.6 Å². The highest BCUT2D eigenvalue weighted by molar-refractivity contribution is 5.92. The zero-order valence-electron chi connectivity index (χ0n) is 14.1. The molecule has 0 aliphatic heterocycles. The summed E-state index contributed by atoms with van der Waals surface area (Å²) in [6.45, 7) is 2.85. The fraction of sp³-hybridized carbons (Fsp3) is 0.316. The lowest BCUT2D eigenvalue weighted by atomic mass is 9.94. The van der Waals surface area contributed by atoms with Crippen molar-refractivity contribution in [2.24, 2.45) is 11.7 Å². The molecule has 0 saturated heterocycles. The summed E-state index contributed by atoms with van der Waals surface area (Å²) < 4.78 is 10.4. The number of methoxy groups -OCH3 is 1. The first-order valence-corrected chi connectivity index (χ1v) is 7.95. The second kappa shape index (κ2) is 9.05. The molecule has 0 radical (unpaired) electrons. The molecule has 3 N–H and O–H groups in total. The molecule has 0 aliphatic carbocycles. The lowest BCUT2D eigenvalue weighted by Crippen LogP contribution is -2.30. The third kappa shape index (κ3) is 5.08. The van der Waals surface area contributed by atoms with Gasteiger partial charge in [-0.15, -0.1) is 0 Å². The predicted molar refractivity (Wildman–Crippen MR) is 95.0 cm³/mol. The largest absolute Gasteiger partial charge is 0.491 e. The van der Waals surface area contributed by atoms with E-state index in [2.05, 4.69) is 5.32 Å². The summed E-state index contributed by atoms with van der Waals surface area (Å²) in [6.07, 6.45) is 0. The molecule has 2 rings (SSSR count). The van der Waals surface area contributed by atoms with Gasteiger partial charge in [-0.3, -0.25) is 4.79 Å². The fourth-order valence-corrected chi connectivity index (χ4v) is 2.26. The maximum absolute atomic E-state index is 12.4. The number of benzene rings is 2. The standard InChI is InChI=1S/C19H24N2O3/c1-14(18(20)15-6-4-3-5-7-15)19(22)21-16-8-10-17(11-9-16)24-13-12-23-2/h3-11,14,18H,12-13,20H2,1-2H3,(H,21,22). The summed E-state index contributed by atoms with van der Waals surface area (Å²) in [5.41, 5.74) is 7.85. The first-order chi connectivity index (χ1) is 11.6. The highest BCUT2D eigenvalue weighted by atomic mass is 16.5. The van der Waals surface area contributed by atoms with Crippen molar-refractivity contribution in [3.63, 3.8) is 0 Å². The smallest absolute Gasteiger partial charge is 0.229 e. The fourth-order valence-electron chi connectivity index (χ4n) is 2.26. The first-order valence-electron chi connectivity index (χ1n) is 7.95. The minimum Gasteiger partial charge on any atom is -0.491 e. The number of carbonyl (C=O) groups is 1. The minimum absolute atomic E-state index is 0.112. The van der Waals surface area contributed by atoms with Gasteiger partial charge in [0.25, 0.3) is 0 Å². The normalized spacial score (nSPS) is 13.1. The van der Waals surface area contributed by atoms with E-state index in [0.717, 1.165) is 11.3 Å². The van der Waals surface area contributed by atoms with Crippen LogP contribution in [0.1, 0.15) is 18.5 Å². The molecule has 0 bridgehead atoms. The molecule has 0 aromatic heterocycles. The highest BCUT2D eigenvalue weighted by Crippen LogP contribution is 2.22. The van der Waals surface area contributed by atoms with Crippen LogP contribution in [0.2, 0.25) is 0 Å². The Kier molecular flexibility index (Phi) is 6.78. The van der Waals surface area contributed by atoms with Crippen molar-refractivity contribution in [2.75, 3.05) is 25.6 Å². The van der Waals surface area contributed by atoms with E-state index in [9.17, 15) is 4.79 Å². The van der Waals surface area contributed by atoms with Gasteiger partial charge in [-0.2, -0.15) is 0 Å². The average Bonchev–Trinajstić information content (AvgIpc) is 2.63. The number of nitrogens with two attached hydrogens (primary N) is 1. The average molecular weight is 328 g/mol. The molecule has 0 saturated carbocycles. The predicted octanol–water partition coefficient (Wildman–Crippen LogP) is 2.99. The summed E-state index contributed by atoms with van der Waals surface area (Å²) in [6, 6.07) is 16.5. The van der Waals surface area contributed by atoms with Crippen LogP contribution in [-0.4, -0.2) is 26.2 Å². The summed E-state index contributed by atoms with van der Waals surface area (Å²) >= 11 is 0. The number of hydrogen-bond acceptors (Lipinski definition) is 4. The number of amides is 1. The number of ether oxygens (including phenoxy) is 2. The Morgan fingerprint density at radius 2 is 1.75 bits per heavy atom. The monoisotopic (exact) mass is 328 g/mol. The second-order valence-electron chi connectivity index (χ2n) is 5.58. The van der Waals surface area contributed by atoms with Gasteiger partial charge in [0.15, 0.2) is 0 Å². The molecular weight excluding hydrogens is 304 g/mol. The third-order valence-electron chi connectivity index (χ3n) is 3.81. The van der Waals surface area contributed by atoms with Crippen molar-refractivity contribution in [3.05, 3.63) is 60.2 Å². The van der Waals surface area contributed by atoms with E-state index in [1.807, 2.05) is 49.4 Å². The van der Waals surface area contributed by atoms with Gasteiger partial charge in [-0.25, -0.2) is 0 Å². The molecule has 2 aromatic rings. The van der Waals surface area contributed by atoms with Crippen LogP contribution in [0.5, 0.6) is 5.75 Å². The summed E-state index contributed by atoms with van der Waals surface area (Å²) in [5, 5.41) is 2.89. The zero-order valence-corrected chi connectivity index (χ0v) is 14.1. The Labute approximate surface area is 142 Å². The summed E-state index contributed by atoms with van der Waals surface area (Å²) in [7, 11) is 1.63. The molecule has 0 fully saturated rings. The molecule has 5 heteroatoms. The molecule has 0 spiro atoms. The Hall–Kier alpha value is -2.37. The molecule has 2 atom stereocenters. The molecule has 0 aliphatic rings. The van der Waals surface area contributed by atoms with Crippen LogP contribution < -0.4 is 15.8 Å². The summed E-state index contributed by atoms with van der Waals surface area (Å²) in [4.78, 5) is 12.4. The van der Waals surface area contributed by atoms with E-state index in [0.29, 0.717) is 18.9 Å². The van der Waals surface area contributed by atoms with E-state index in [4.69, 9.17) is 15.2 Å². The topological polar surface area (TPSA) is 73.6 Å². The number of carbonyl (C=O) groups excluding carboxylic acids is 1. The number of anilines is 1. The van der Waals surface area contributed by atoms with Gasteiger partial charge in [0.2, 0.25) is 5.91 Å². The molecule has 2 unspecified atom stereocenters. The Bertz CT molecular complexity index is 629. The van der Waals surface area contributed by atoms with Crippen LogP contribution in [0.25, 0.3) is 0 Å².